The topological polar surface area (TPSA) is 30.5 Å². The second kappa shape index (κ2) is 4.65. The van der Waals surface area contributed by atoms with E-state index in [-0.39, 0.29) is 5.60 Å². The summed E-state index contributed by atoms with van der Waals surface area (Å²) in [5.74, 6) is 1.86. The molecule has 1 atom stereocenters. The number of fused-ring (bicyclic) bond motifs is 1. The summed E-state index contributed by atoms with van der Waals surface area (Å²) in [6.45, 7) is 4.77. The minimum absolute atomic E-state index is 0.142. The second-order valence-corrected chi connectivity index (χ2v) is 4.94. The molecule has 2 heterocycles. The lowest BCUT2D eigenvalue weighted by Gasteiger charge is -2.31. The van der Waals surface area contributed by atoms with Crippen molar-refractivity contribution in [3.05, 3.63) is 29.8 Å². The number of hydrogen-bond donors (Lipinski definition) is 1. The fourth-order valence-electron chi connectivity index (χ4n) is 2.52. The van der Waals surface area contributed by atoms with Gasteiger partial charge in [0.1, 0.15) is 17.1 Å². The van der Waals surface area contributed by atoms with Gasteiger partial charge in [0.15, 0.2) is 0 Å². The Labute approximate surface area is 108 Å². The highest BCUT2D eigenvalue weighted by atomic mass is 16.5. The molecule has 1 aromatic rings. The van der Waals surface area contributed by atoms with Crippen molar-refractivity contribution < 1.29 is 9.47 Å². The van der Waals surface area contributed by atoms with Crippen molar-refractivity contribution in [1.29, 1.82) is 0 Å². The van der Waals surface area contributed by atoms with E-state index in [0.29, 0.717) is 0 Å². The molecule has 0 radical (unpaired) electrons. The van der Waals surface area contributed by atoms with Crippen molar-refractivity contribution in [3.63, 3.8) is 0 Å². The molecule has 1 unspecified atom stereocenters. The molecule has 96 valence electrons. The Morgan fingerprint density at radius 1 is 1.44 bits per heavy atom. The van der Waals surface area contributed by atoms with Gasteiger partial charge in [-0.2, -0.15) is 0 Å². The predicted molar refractivity (Wildman–Crippen MR) is 72.1 cm³/mol. The molecule has 1 saturated heterocycles. The molecule has 1 aromatic carbocycles. The van der Waals surface area contributed by atoms with Crippen LogP contribution in [0.4, 0.5) is 0 Å². The minimum atomic E-state index is -0.142. The Balaban J connectivity index is 1.89. The summed E-state index contributed by atoms with van der Waals surface area (Å²) >= 11 is 0. The highest BCUT2D eigenvalue weighted by molar-refractivity contribution is 5.67. The number of ether oxygens (including phenoxy) is 2. The summed E-state index contributed by atoms with van der Waals surface area (Å²) in [7, 11) is 0. The van der Waals surface area contributed by atoms with Gasteiger partial charge in [-0.15, -0.1) is 0 Å². The molecule has 0 aliphatic carbocycles. The van der Waals surface area contributed by atoms with Crippen molar-refractivity contribution in [2.45, 2.75) is 25.4 Å². The van der Waals surface area contributed by atoms with E-state index in [4.69, 9.17) is 9.47 Å². The molecule has 3 heteroatoms. The SMILES string of the molecule is CCCOc1cccc2c1C=CC1(CCNC1)O2. The molecule has 18 heavy (non-hydrogen) atoms. The van der Waals surface area contributed by atoms with Crippen LogP contribution in [-0.4, -0.2) is 25.3 Å². The van der Waals surface area contributed by atoms with Crippen molar-refractivity contribution in [2.24, 2.45) is 0 Å². The van der Waals surface area contributed by atoms with Crippen molar-refractivity contribution in [2.75, 3.05) is 19.7 Å². The van der Waals surface area contributed by atoms with Gasteiger partial charge >= 0.3 is 0 Å². The van der Waals surface area contributed by atoms with Crippen LogP contribution in [0.3, 0.4) is 0 Å². The maximum absolute atomic E-state index is 6.17. The van der Waals surface area contributed by atoms with Gasteiger partial charge in [-0.25, -0.2) is 0 Å². The van der Waals surface area contributed by atoms with Gasteiger partial charge in [-0.3, -0.25) is 0 Å². The van der Waals surface area contributed by atoms with E-state index >= 15 is 0 Å². The first-order valence-electron chi connectivity index (χ1n) is 6.68. The first kappa shape index (κ1) is 11.6. The maximum Gasteiger partial charge on any atom is 0.141 e. The highest BCUT2D eigenvalue weighted by Gasteiger charge is 2.36. The van der Waals surface area contributed by atoms with Gasteiger partial charge < -0.3 is 14.8 Å². The standard InChI is InChI=1S/C15H19NO2/c1-2-10-17-13-4-3-5-14-12(13)6-7-15(18-14)8-9-16-11-15/h3-7,16H,2,8-11H2,1H3. The molecule has 1 N–H and O–H groups in total. The zero-order valence-corrected chi connectivity index (χ0v) is 10.7. The number of benzene rings is 1. The van der Waals surface area contributed by atoms with E-state index in [1.54, 1.807) is 0 Å². The summed E-state index contributed by atoms with van der Waals surface area (Å²) in [5, 5.41) is 3.35. The zero-order chi connectivity index (χ0) is 12.4. The smallest absolute Gasteiger partial charge is 0.141 e. The van der Waals surface area contributed by atoms with Gasteiger partial charge in [0, 0.05) is 13.0 Å². The van der Waals surface area contributed by atoms with E-state index < -0.39 is 0 Å². The maximum atomic E-state index is 6.17. The van der Waals surface area contributed by atoms with E-state index in [1.165, 1.54) is 0 Å². The van der Waals surface area contributed by atoms with Crippen LogP contribution in [0, 0.1) is 0 Å². The van der Waals surface area contributed by atoms with E-state index in [9.17, 15) is 0 Å². The van der Waals surface area contributed by atoms with Crippen LogP contribution in [0.5, 0.6) is 11.5 Å². The van der Waals surface area contributed by atoms with Gasteiger partial charge in [0.05, 0.1) is 12.2 Å². The fraction of sp³-hybridized carbons (Fsp3) is 0.467. The molecule has 2 aliphatic rings. The minimum Gasteiger partial charge on any atom is -0.493 e. The van der Waals surface area contributed by atoms with Crippen LogP contribution in [0.1, 0.15) is 25.3 Å². The monoisotopic (exact) mass is 245 g/mol. The van der Waals surface area contributed by atoms with Crippen molar-refractivity contribution in [1.82, 2.24) is 5.32 Å². The molecule has 1 fully saturated rings. The Bertz CT molecular complexity index is 462. The molecule has 0 saturated carbocycles. The molecular formula is C15H19NO2. The largest absolute Gasteiger partial charge is 0.493 e. The van der Waals surface area contributed by atoms with Crippen LogP contribution in [0.25, 0.3) is 6.08 Å². The highest BCUT2D eigenvalue weighted by Crippen LogP contribution is 2.38. The normalized spacial score (nSPS) is 24.9. The molecule has 0 bridgehead atoms. The number of rotatable bonds is 3. The quantitative estimate of drug-likeness (QED) is 0.888. The lowest BCUT2D eigenvalue weighted by atomic mass is 9.97. The van der Waals surface area contributed by atoms with Crippen LogP contribution in [0.15, 0.2) is 24.3 Å². The third-order valence-corrected chi connectivity index (χ3v) is 3.50. The van der Waals surface area contributed by atoms with Gasteiger partial charge in [-0.1, -0.05) is 13.0 Å². The fourth-order valence-corrected chi connectivity index (χ4v) is 2.52. The summed E-state index contributed by atoms with van der Waals surface area (Å²) in [6, 6.07) is 6.03. The van der Waals surface area contributed by atoms with Crippen LogP contribution in [-0.2, 0) is 0 Å². The average molecular weight is 245 g/mol. The predicted octanol–water partition coefficient (Wildman–Crippen LogP) is 2.61. The molecular weight excluding hydrogens is 226 g/mol. The first-order chi connectivity index (χ1) is 8.83. The lowest BCUT2D eigenvalue weighted by Crippen LogP contribution is -2.37. The third kappa shape index (κ3) is 1.99. The number of nitrogens with one attached hydrogen (secondary N) is 1. The summed E-state index contributed by atoms with van der Waals surface area (Å²) in [6.07, 6.45) is 6.37. The van der Waals surface area contributed by atoms with E-state index in [0.717, 1.165) is 49.6 Å². The van der Waals surface area contributed by atoms with E-state index in [2.05, 4.69) is 24.4 Å². The number of hydrogen-bond acceptors (Lipinski definition) is 3. The summed E-state index contributed by atoms with van der Waals surface area (Å²) in [4.78, 5) is 0. The second-order valence-electron chi connectivity index (χ2n) is 4.94. The summed E-state index contributed by atoms with van der Waals surface area (Å²) < 4.78 is 11.9. The van der Waals surface area contributed by atoms with Crippen molar-refractivity contribution in [3.8, 4) is 11.5 Å². The Morgan fingerprint density at radius 2 is 2.39 bits per heavy atom. The Hall–Kier alpha value is -1.48. The van der Waals surface area contributed by atoms with Crippen LogP contribution < -0.4 is 14.8 Å². The molecule has 2 aliphatic heterocycles. The summed E-state index contributed by atoms with van der Waals surface area (Å²) in [5.41, 5.74) is 0.930. The lowest BCUT2D eigenvalue weighted by molar-refractivity contribution is 0.138. The zero-order valence-electron chi connectivity index (χ0n) is 10.7. The van der Waals surface area contributed by atoms with Crippen LogP contribution >= 0.6 is 0 Å². The molecule has 1 spiro atoms. The molecule has 3 rings (SSSR count). The molecule has 3 nitrogen and oxygen atoms in total. The van der Waals surface area contributed by atoms with Gasteiger partial charge in [0.2, 0.25) is 0 Å². The third-order valence-electron chi connectivity index (χ3n) is 3.50. The molecule has 0 aromatic heterocycles. The average Bonchev–Trinajstić information content (AvgIpc) is 2.84. The Kier molecular flexibility index (Phi) is 3.00. The molecule has 0 amide bonds. The van der Waals surface area contributed by atoms with Gasteiger partial charge in [0.25, 0.3) is 0 Å². The van der Waals surface area contributed by atoms with Crippen molar-refractivity contribution >= 4 is 6.08 Å². The Morgan fingerprint density at radius 3 is 3.17 bits per heavy atom. The van der Waals surface area contributed by atoms with E-state index in [1.807, 2.05) is 18.2 Å². The van der Waals surface area contributed by atoms with Crippen LogP contribution in [0.2, 0.25) is 0 Å². The first-order valence-corrected chi connectivity index (χ1v) is 6.68. The van der Waals surface area contributed by atoms with Gasteiger partial charge in [-0.05, 0) is 37.3 Å².